The first kappa shape index (κ1) is 11.4. The van der Waals surface area contributed by atoms with Crippen LogP contribution in [0, 0.1) is 8.98 Å². The summed E-state index contributed by atoms with van der Waals surface area (Å²) in [5, 5.41) is 12.0. The van der Waals surface area contributed by atoms with E-state index in [-0.39, 0.29) is 5.84 Å². The molecular weight excluding hydrogens is 338 g/mol. The van der Waals surface area contributed by atoms with Gasteiger partial charge in [-0.1, -0.05) is 11.6 Å². The molecule has 1 aromatic carbocycles. The minimum atomic E-state index is 0.00324. The maximum atomic E-state index is 7.31. The van der Waals surface area contributed by atoms with Crippen molar-refractivity contribution in [1.82, 2.24) is 9.78 Å². The zero-order chi connectivity index (χ0) is 11.7. The summed E-state index contributed by atoms with van der Waals surface area (Å²) < 4.78 is 2.72. The Hall–Kier alpha value is -1.08. The molecule has 4 nitrogen and oxygen atoms in total. The van der Waals surface area contributed by atoms with Gasteiger partial charge in [-0.2, -0.15) is 5.10 Å². The SMILES string of the molecule is N=C(N)c1ccc(-n2cc(I)cn2)c(Cl)c1. The standard InChI is InChI=1S/C10H8ClIN4/c11-8-3-6(10(13)14)1-2-9(8)16-5-7(12)4-15-16/h1-5H,(H3,13,14). The van der Waals surface area contributed by atoms with Crippen molar-refractivity contribution in [3.63, 3.8) is 0 Å². The first-order valence-electron chi connectivity index (χ1n) is 4.42. The first-order valence-corrected chi connectivity index (χ1v) is 5.88. The van der Waals surface area contributed by atoms with E-state index in [9.17, 15) is 0 Å². The average molecular weight is 347 g/mol. The van der Waals surface area contributed by atoms with Gasteiger partial charge in [-0.15, -0.1) is 0 Å². The number of hydrogen-bond acceptors (Lipinski definition) is 2. The third-order valence-corrected chi connectivity index (χ3v) is 2.92. The predicted molar refractivity (Wildman–Crippen MR) is 72.3 cm³/mol. The molecule has 1 aromatic heterocycles. The van der Waals surface area contributed by atoms with Gasteiger partial charge in [-0.05, 0) is 40.8 Å². The molecule has 2 rings (SSSR count). The van der Waals surface area contributed by atoms with Crippen molar-refractivity contribution >= 4 is 40.0 Å². The van der Waals surface area contributed by atoms with Crippen LogP contribution >= 0.6 is 34.2 Å². The van der Waals surface area contributed by atoms with Gasteiger partial charge in [0, 0.05) is 11.8 Å². The van der Waals surface area contributed by atoms with Crippen LogP contribution < -0.4 is 5.73 Å². The third-order valence-electron chi connectivity index (χ3n) is 2.06. The van der Waals surface area contributed by atoms with E-state index in [0.29, 0.717) is 10.6 Å². The fourth-order valence-electron chi connectivity index (χ4n) is 1.29. The first-order chi connectivity index (χ1) is 7.58. The third kappa shape index (κ3) is 2.19. The molecule has 0 saturated heterocycles. The highest BCUT2D eigenvalue weighted by molar-refractivity contribution is 14.1. The molecule has 0 unspecified atom stereocenters. The van der Waals surface area contributed by atoms with E-state index in [4.69, 9.17) is 22.7 Å². The summed E-state index contributed by atoms with van der Waals surface area (Å²) in [6, 6.07) is 5.20. The van der Waals surface area contributed by atoms with Crippen molar-refractivity contribution in [3.8, 4) is 5.69 Å². The summed E-state index contributed by atoms with van der Waals surface area (Å²) in [5.74, 6) is 0.00324. The highest BCUT2D eigenvalue weighted by Gasteiger charge is 2.06. The van der Waals surface area contributed by atoms with E-state index in [1.54, 1.807) is 29.1 Å². The van der Waals surface area contributed by atoms with Gasteiger partial charge in [0.1, 0.15) is 5.84 Å². The van der Waals surface area contributed by atoms with Gasteiger partial charge in [0.2, 0.25) is 0 Å². The van der Waals surface area contributed by atoms with Crippen molar-refractivity contribution in [2.75, 3.05) is 0 Å². The number of amidine groups is 1. The Morgan fingerprint density at radius 3 is 2.75 bits per heavy atom. The summed E-state index contributed by atoms with van der Waals surface area (Å²) in [6.07, 6.45) is 3.62. The molecule has 0 aliphatic heterocycles. The van der Waals surface area contributed by atoms with Crippen molar-refractivity contribution in [3.05, 3.63) is 44.7 Å². The number of nitrogen functional groups attached to an aromatic ring is 1. The molecule has 2 aromatic rings. The topological polar surface area (TPSA) is 67.7 Å². The van der Waals surface area contributed by atoms with E-state index in [0.717, 1.165) is 9.26 Å². The number of nitrogens with zero attached hydrogens (tertiary/aromatic N) is 2. The summed E-state index contributed by atoms with van der Waals surface area (Å²) in [5.41, 5.74) is 6.76. The minimum absolute atomic E-state index is 0.00324. The maximum Gasteiger partial charge on any atom is 0.122 e. The molecule has 16 heavy (non-hydrogen) atoms. The van der Waals surface area contributed by atoms with Crippen LogP contribution in [0.1, 0.15) is 5.56 Å². The highest BCUT2D eigenvalue weighted by atomic mass is 127. The number of benzene rings is 1. The molecule has 0 fully saturated rings. The van der Waals surface area contributed by atoms with E-state index >= 15 is 0 Å². The molecule has 0 aliphatic rings. The Morgan fingerprint density at radius 1 is 1.50 bits per heavy atom. The zero-order valence-corrected chi connectivity index (χ0v) is 11.0. The van der Waals surface area contributed by atoms with Crippen LogP contribution in [0.3, 0.4) is 0 Å². The number of aromatic nitrogens is 2. The van der Waals surface area contributed by atoms with Gasteiger partial charge in [0.15, 0.2) is 0 Å². The van der Waals surface area contributed by atoms with Crippen molar-refractivity contribution < 1.29 is 0 Å². The van der Waals surface area contributed by atoms with Gasteiger partial charge in [0.05, 0.1) is 20.5 Å². The Morgan fingerprint density at radius 2 is 2.25 bits per heavy atom. The Kier molecular flexibility index (Phi) is 3.15. The second kappa shape index (κ2) is 4.42. The van der Waals surface area contributed by atoms with Crippen LogP contribution in [-0.4, -0.2) is 15.6 Å². The van der Waals surface area contributed by atoms with Crippen LogP contribution in [0.25, 0.3) is 5.69 Å². The van der Waals surface area contributed by atoms with Crippen LogP contribution in [0.4, 0.5) is 0 Å². The van der Waals surface area contributed by atoms with Crippen molar-refractivity contribution in [2.45, 2.75) is 0 Å². The summed E-state index contributed by atoms with van der Waals surface area (Å²) in [7, 11) is 0. The van der Waals surface area contributed by atoms with Crippen molar-refractivity contribution in [2.24, 2.45) is 5.73 Å². The van der Waals surface area contributed by atoms with E-state index < -0.39 is 0 Å². The number of nitrogens with two attached hydrogens (primary N) is 1. The molecule has 82 valence electrons. The van der Waals surface area contributed by atoms with Crippen molar-refractivity contribution in [1.29, 1.82) is 5.41 Å². The summed E-state index contributed by atoms with van der Waals surface area (Å²) in [6.45, 7) is 0. The van der Waals surface area contributed by atoms with Crippen LogP contribution in [-0.2, 0) is 0 Å². The lowest BCUT2D eigenvalue weighted by atomic mass is 10.2. The molecule has 3 N–H and O–H groups in total. The fourth-order valence-corrected chi connectivity index (χ4v) is 1.95. The monoisotopic (exact) mass is 346 g/mol. The lowest BCUT2D eigenvalue weighted by molar-refractivity contribution is 0.880. The smallest absolute Gasteiger partial charge is 0.122 e. The number of rotatable bonds is 2. The Labute approximate surface area is 111 Å². The normalized spacial score (nSPS) is 10.4. The molecule has 0 bridgehead atoms. The summed E-state index contributed by atoms with van der Waals surface area (Å²) in [4.78, 5) is 0. The lowest BCUT2D eigenvalue weighted by Gasteiger charge is -2.06. The molecule has 0 radical (unpaired) electrons. The molecule has 1 heterocycles. The number of hydrogen-bond donors (Lipinski definition) is 2. The second-order valence-corrected chi connectivity index (χ2v) is 4.84. The summed E-state index contributed by atoms with van der Waals surface area (Å²) >= 11 is 8.28. The maximum absolute atomic E-state index is 7.31. The predicted octanol–water partition coefficient (Wildman–Crippen LogP) is 2.41. The molecule has 0 atom stereocenters. The lowest BCUT2D eigenvalue weighted by Crippen LogP contribution is -2.11. The van der Waals surface area contributed by atoms with Gasteiger partial charge >= 0.3 is 0 Å². The van der Waals surface area contributed by atoms with Crippen LogP contribution in [0.15, 0.2) is 30.6 Å². The van der Waals surface area contributed by atoms with Crippen LogP contribution in [0.2, 0.25) is 5.02 Å². The molecule has 0 aliphatic carbocycles. The van der Waals surface area contributed by atoms with Gasteiger partial charge < -0.3 is 5.73 Å². The fraction of sp³-hybridized carbons (Fsp3) is 0. The van der Waals surface area contributed by atoms with E-state index in [1.807, 2.05) is 6.20 Å². The molecule has 0 saturated carbocycles. The highest BCUT2D eigenvalue weighted by Crippen LogP contribution is 2.21. The van der Waals surface area contributed by atoms with Gasteiger partial charge in [0.25, 0.3) is 0 Å². The second-order valence-electron chi connectivity index (χ2n) is 3.18. The molecule has 6 heteroatoms. The largest absolute Gasteiger partial charge is 0.384 e. The number of nitrogens with one attached hydrogen (secondary N) is 1. The molecule has 0 spiro atoms. The average Bonchev–Trinajstić information content (AvgIpc) is 2.64. The van der Waals surface area contributed by atoms with Gasteiger partial charge in [-0.3, -0.25) is 5.41 Å². The van der Waals surface area contributed by atoms with E-state index in [1.165, 1.54) is 0 Å². The molecular formula is C10H8ClIN4. The van der Waals surface area contributed by atoms with E-state index in [2.05, 4.69) is 27.7 Å². The zero-order valence-electron chi connectivity index (χ0n) is 8.11. The van der Waals surface area contributed by atoms with Gasteiger partial charge in [-0.25, -0.2) is 4.68 Å². The quantitative estimate of drug-likeness (QED) is 0.498. The minimum Gasteiger partial charge on any atom is -0.384 e. The number of halogens is 2. The van der Waals surface area contributed by atoms with Crippen LogP contribution in [0.5, 0.6) is 0 Å². The Bertz CT molecular complexity index is 550. The Balaban J connectivity index is 2.47. The molecule has 0 amide bonds.